The average Bonchev–Trinajstić information content (AvgIpc) is 2.11. The minimum Gasteiger partial charge on any atom is -0.199 e. The highest BCUT2D eigenvalue weighted by Gasteiger charge is 2.33. The molecule has 0 bridgehead atoms. The van der Waals surface area contributed by atoms with Gasteiger partial charge in [-0.05, 0) is 5.41 Å². The molecule has 0 aromatic heterocycles. The van der Waals surface area contributed by atoms with Crippen LogP contribution in [0.2, 0.25) is 0 Å². The summed E-state index contributed by atoms with van der Waals surface area (Å²) in [7, 11) is 2.15. The highest BCUT2D eigenvalue weighted by atomic mass is 32.2. The third-order valence-corrected chi connectivity index (χ3v) is 2.94. The first kappa shape index (κ1) is 8.37. The molecule has 1 fully saturated rings. The molecule has 1 aliphatic heterocycles. The molecule has 60 valence electrons. The van der Waals surface area contributed by atoms with Gasteiger partial charge in [-0.1, -0.05) is 20.8 Å². The van der Waals surface area contributed by atoms with E-state index in [1.807, 2.05) is 11.9 Å². The topological polar surface area (TPSA) is 16.5 Å². The lowest BCUT2D eigenvalue weighted by Gasteiger charge is -2.23. The fraction of sp³-hybridized carbons (Fsp3) is 1.00. The van der Waals surface area contributed by atoms with Crippen LogP contribution < -0.4 is 9.84 Å². The molecule has 1 rings (SSSR count). The van der Waals surface area contributed by atoms with Gasteiger partial charge in [0.25, 0.3) is 0 Å². The number of hydrogen-bond donors (Lipinski definition) is 2. The van der Waals surface area contributed by atoms with Crippen LogP contribution in [0, 0.1) is 5.41 Å². The molecule has 0 saturated carbocycles. The summed E-state index contributed by atoms with van der Waals surface area (Å²) in [5, 5.41) is 0. The zero-order valence-electron chi connectivity index (χ0n) is 7.19. The first-order valence-electron chi connectivity index (χ1n) is 3.73. The lowest BCUT2D eigenvalue weighted by atomic mass is 9.88. The van der Waals surface area contributed by atoms with Gasteiger partial charge in [0.2, 0.25) is 0 Å². The monoisotopic (exact) mass is 161 g/mol. The van der Waals surface area contributed by atoms with Crippen LogP contribution in [0.5, 0.6) is 0 Å². The molecule has 0 aromatic carbocycles. The molecule has 2 atom stereocenters. The Morgan fingerprint density at radius 3 is 2.30 bits per heavy atom. The van der Waals surface area contributed by atoms with Crippen molar-refractivity contribution in [1.82, 2.24) is 5.43 Å². The second-order valence-corrected chi connectivity index (χ2v) is 5.16. The summed E-state index contributed by atoms with van der Waals surface area (Å²) < 4.78 is 1.37. The standard InChI is InChI=1S/C7H16N2S/c1-7(2,3)6-5-10-9(4)8-6/h6,8H,5H2,1-4H3/p+1. The molecule has 10 heavy (non-hydrogen) atoms. The highest BCUT2D eigenvalue weighted by molar-refractivity contribution is 7.93. The summed E-state index contributed by atoms with van der Waals surface area (Å²) in [5.41, 5.74) is 3.88. The van der Waals surface area contributed by atoms with Crippen molar-refractivity contribution >= 4 is 11.9 Å². The Balaban J connectivity index is 2.45. The van der Waals surface area contributed by atoms with E-state index in [9.17, 15) is 0 Å². The largest absolute Gasteiger partial charge is 0.199 e. The quantitative estimate of drug-likeness (QED) is 0.490. The second-order valence-electron chi connectivity index (χ2n) is 3.93. The number of rotatable bonds is 0. The van der Waals surface area contributed by atoms with Gasteiger partial charge in [-0.2, -0.15) is 9.84 Å². The summed E-state index contributed by atoms with van der Waals surface area (Å²) in [5.74, 6) is 1.23. The summed E-state index contributed by atoms with van der Waals surface area (Å²) >= 11 is 1.94. The maximum atomic E-state index is 3.47. The second kappa shape index (κ2) is 2.72. The van der Waals surface area contributed by atoms with Crippen LogP contribution in [0.25, 0.3) is 0 Å². The maximum absolute atomic E-state index is 3.47. The van der Waals surface area contributed by atoms with Crippen LogP contribution in [-0.4, -0.2) is 18.8 Å². The molecule has 0 amide bonds. The Morgan fingerprint density at radius 1 is 1.50 bits per heavy atom. The van der Waals surface area contributed by atoms with E-state index in [2.05, 4.69) is 33.2 Å². The highest BCUT2D eigenvalue weighted by Crippen LogP contribution is 2.22. The lowest BCUT2D eigenvalue weighted by Crippen LogP contribution is -3.08. The molecular weight excluding hydrogens is 144 g/mol. The molecule has 0 aliphatic carbocycles. The summed E-state index contributed by atoms with van der Waals surface area (Å²) in [6.07, 6.45) is 0. The van der Waals surface area contributed by atoms with Crippen LogP contribution in [0.4, 0.5) is 0 Å². The van der Waals surface area contributed by atoms with Crippen LogP contribution in [0.1, 0.15) is 20.8 Å². The van der Waals surface area contributed by atoms with Gasteiger partial charge < -0.3 is 0 Å². The van der Waals surface area contributed by atoms with Gasteiger partial charge in [0.1, 0.15) is 0 Å². The minimum absolute atomic E-state index is 0.408. The van der Waals surface area contributed by atoms with E-state index in [-0.39, 0.29) is 0 Å². The van der Waals surface area contributed by atoms with Crippen molar-refractivity contribution in [3.8, 4) is 0 Å². The Kier molecular flexibility index (Phi) is 2.28. The van der Waals surface area contributed by atoms with Gasteiger partial charge in [0.15, 0.2) is 0 Å². The molecule has 1 aliphatic rings. The van der Waals surface area contributed by atoms with Crippen LogP contribution in [0.15, 0.2) is 0 Å². The zero-order valence-corrected chi connectivity index (χ0v) is 8.01. The molecule has 0 radical (unpaired) electrons. The molecule has 2 unspecified atom stereocenters. The van der Waals surface area contributed by atoms with Crippen molar-refractivity contribution in [2.24, 2.45) is 5.41 Å². The molecule has 3 heteroatoms. The molecule has 0 aromatic rings. The van der Waals surface area contributed by atoms with E-state index < -0.39 is 0 Å². The normalized spacial score (nSPS) is 34.8. The Hall–Kier alpha value is 0.270. The van der Waals surface area contributed by atoms with E-state index in [0.717, 1.165) is 0 Å². The average molecular weight is 161 g/mol. The number of nitrogens with one attached hydrogen (secondary N) is 2. The summed E-state index contributed by atoms with van der Waals surface area (Å²) in [4.78, 5) is 0. The predicted octanol–water partition coefficient (Wildman–Crippen LogP) is 0.0822. The van der Waals surface area contributed by atoms with Crippen molar-refractivity contribution in [1.29, 1.82) is 0 Å². The molecule has 1 heterocycles. The SMILES string of the molecule is C[NH+]1NC(C(C)(C)C)CS1. The van der Waals surface area contributed by atoms with Gasteiger partial charge in [0, 0.05) is 0 Å². The molecule has 2 N–H and O–H groups in total. The van der Waals surface area contributed by atoms with Crippen molar-refractivity contribution in [2.75, 3.05) is 12.8 Å². The van der Waals surface area contributed by atoms with Crippen molar-refractivity contribution in [2.45, 2.75) is 26.8 Å². The van der Waals surface area contributed by atoms with Crippen LogP contribution in [0.3, 0.4) is 0 Å². The predicted molar refractivity (Wildman–Crippen MR) is 45.7 cm³/mol. The Labute approximate surface area is 67.5 Å². The fourth-order valence-electron chi connectivity index (χ4n) is 1.00. The van der Waals surface area contributed by atoms with Gasteiger partial charge in [-0.3, -0.25) is 0 Å². The number of hydrogen-bond acceptors (Lipinski definition) is 2. The summed E-state index contributed by atoms with van der Waals surface area (Å²) in [6, 6.07) is 0.664. The van der Waals surface area contributed by atoms with E-state index >= 15 is 0 Å². The van der Waals surface area contributed by atoms with Crippen molar-refractivity contribution in [3.05, 3.63) is 0 Å². The number of quaternary nitrogens is 1. The molecular formula is C7H17N2S+. The molecule has 0 spiro atoms. The smallest absolute Gasteiger partial charge is 0.0953 e. The van der Waals surface area contributed by atoms with Gasteiger partial charge in [-0.15, -0.1) is 0 Å². The van der Waals surface area contributed by atoms with Gasteiger partial charge in [-0.25, -0.2) is 0 Å². The third-order valence-electron chi connectivity index (χ3n) is 1.89. The third kappa shape index (κ3) is 1.87. The summed E-state index contributed by atoms with van der Waals surface area (Å²) in [6.45, 7) is 6.84. The van der Waals surface area contributed by atoms with Crippen LogP contribution >= 0.6 is 11.9 Å². The van der Waals surface area contributed by atoms with E-state index in [1.54, 1.807) is 0 Å². The fourth-order valence-corrected chi connectivity index (χ4v) is 2.23. The molecule has 1 saturated heterocycles. The van der Waals surface area contributed by atoms with E-state index in [1.165, 1.54) is 10.2 Å². The zero-order chi connectivity index (χ0) is 7.78. The van der Waals surface area contributed by atoms with E-state index in [0.29, 0.717) is 11.5 Å². The van der Waals surface area contributed by atoms with Crippen LogP contribution in [-0.2, 0) is 0 Å². The van der Waals surface area contributed by atoms with Crippen molar-refractivity contribution in [3.63, 3.8) is 0 Å². The van der Waals surface area contributed by atoms with Gasteiger partial charge >= 0.3 is 0 Å². The van der Waals surface area contributed by atoms with E-state index in [4.69, 9.17) is 0 Å². The van der Waals surface area contributed by atoms with Gasteiger partial charge in [0.05, 0.1) is 30.8 Å². The minimum atomic E-state index is 0.408. The molecule has 2 nitrogen and oxygen atoms in total. The Bertz CT molecular complexity index is 119. The lowest BCUT2D eigenvalue weighted by molar-refractivity contribution is -0.782. The first-order chi connectivity index (χ1) is 4.50. The van der Waals surface area contributed by atoms with Crippen molar-refractivity contribution < 1.29 is 4.41 Å². The first-order valence-corrected chi connectivity index (χ1v) is 4.71. The Morgan fingerprint density at radius 2 is 2.10 bits per heavy atom. The maximum Gasteiger partial charge on any atom is 0.0953 e.